The fourth-order valence-electron chi connectivity index (χ4n) is 6.67. The molecule has 0 bridgehead atoms. The second kappa shape index (κ2) is 5.87. The van der Waals surface area contributed by atoms with Crippen molar-refractivity contribution in [3.05, 3.63) is 11.6 Å². The summed E-state index contributed by atoms with van der Waals surface area (Å²) in [7, 11) is -4.43. The van der Waals surface area contributed by atoms with E-state index in [1.54, 1.807) is 0 Å². The van der Waals surface area contributed by atoms with Crippen LogP contribution in [0.25, 0.3) is 0 Å². The standard InChI is InChI=1S/C19H28O6S/c1-18-7-5-12(25-26(22,23)24)9-11(18)3-4-13-14(18)6-8-19(2)15(13)10-16(20)17(19)21/h3,12-16,20H,4-10H2,1-2H3,(H,22,23,24)/t12-,13-,14+,15+,16?,18+,19+/m1/s1. The first-order valence-electron chi connectivity index (χ1n) is 9.62. The molecule has 7 atom stereocenters. The van der Waals surface area contributed by atoms with Crippen LogP contribution in [0.15, 0.2) is 11.6 Å². The highest BCUT2D eigenvalue weighted by Crippen LogP contribution is 2.64. The highest BCUT2D eigenvalue weighted by molar-refractivity contribution is 7.80. The smallest absolute Gasteiger partial charge is 0.385 e. The Labute approximate surface area is 155 Å². The average Bonchev–Trinajstić information content (AvgIpc) is 2.77. The molecule has 0 amide bonds. The molecule has 0 heterocycles. The second-order valence-electron chi connectivity index (χ2n) is 9.22. The maximum Gasteiger partial charge on any atom is 0.397 e. The lowest BCUT2D eigenvalue weighted by Gasteiger charge is -2.56. The number of carbonyl (C=O) groups excluding carboxylic acids is 1. The molecule has 3 fully saturated rings. The number of hydrogen-bond acceptors (Lipinski definition) is 5. The number of Topliss-reactive ketones (excluding diaryl/α,β-unsaturated/α-hetero) is 1. The fraction of sp³-hybridized carbons (Fsp3) is 0.842. The van der Waals surface area contributed by atoms with Gasteiger partial charge in [0, 0.05) is 5.41 Å². The zero-order valence-electron chi connectivity index (χ0n) is 15.3. The zero-order valence-corrected chi connectivity index (χ0v) is 16.2. The molecule has 4 aliphatic rings. The van der Waals surface area contributed by atoms with Gasteiger partial charge in [-0.15, -0.1) is 0 Å². The minimum atomic E-state index is -4.43. The van der Waals surface area contributed by atoms with E-state index < -0.39 is 28.0 Å². The van der Waals surface area contributed by atoms with Crippen molar-refractivity contribution in [3.63, 3.8) is 0 Å². The van der Waals surface area contributed by atoms with Gasteiger partial charge >= 0.3 is 10.4 Å². The Morgan fingerprint density at radius 1 is 1.15 bits per heavy atom. The third kappa shape index (κ3) is 2.70. The van der Waals surface area contributed by atoms with Gasteiger partial charge in [0.15, 0.2) is 5.78 Å². The van der Waals surface area contributed by atoms with E-state index in [1.807, 2.05) is 6.92 Å². The summed E-state index contributed by atoms with van der Waals surface area (Å²) >= 11 is 0. The van der Waals surface area contributed by atoms with E-state index >= 15 is 0 Å². The first kappa shape index (κ1) is 18.6. The lowest BCUT2D eigenvalue weighted by Crippen LogP contribution is -2.50. The Hall–Kier alpha value is -0.760. The van der Waals surface area contributed by atoms with Gasteiger partial charge in [0.2, 0.25) is 0 Å². The van der Waals surface area contributed by atoms with Gasteiger partial charge in [-0.05, 0) is 68.1 Å². The molecule has 146 valence electrons. The molecule has 0 radical (unpaired) electrons. The van der Waals surface area contributed by atoms with Crippen LogP contribution in [0.1, 0.15) is 58.8 Å². The van der Waals surface area contributed by atoms with Gasteiger partial charge in [-0.2, -0.15) is 8.42 Å². The van der Waals surface area contributed by atoms with Crippen LogP contribution in [-0.4, -0.2) is 36.1 Å². The molecule has 1 unspecified atom stereocenters. The topological polar surface area (TPSA) is 101 Å². The molecule has 0 saturated heterocycles. The van der Waals surface area contributed by atoms with Crippen molar-refractivity contribution < 1.29 is 27.1 Å². The molecule has 0 aromatic heterocycles. The molecule has 2 N–H and O–H groups in total. The van der Waals surface area contributed by atoms with Crippen LogP contribution >= 0.6 is 0 Å². The highest BCUT2D eigenvalue weighted by Gasteiger charge is 2.61. The monoisotopic (exact) mass is 384 g/mol. The lowest BCUT2D eigenvalue weighted by molar-refractivity contribution is -0.136. The predicted molar refractivity (Wildman–Crippen MR) is 94.5 cm³/mol. The largest absolute Gasteiger partial charge is 0.397 e. The number of carbonyl (C=O) groups is 1. The van der Waals surface area contributed by atoms with Gasteiger partial charge in [0.05, 0.1) is 6.10 Å². The highest BCUT2D eigenvalue weighted by atomic mass is 32.3. The molecule has 3 saturated carbocycles. The molecule has 4 aliphatic carbocycles. The van der Waals surface area contributed by atoms with Crippen molar-refractivity contribution >= 4 is 16.2 Å². The first-order valence-corrected chi connectivity index (χ1v) is 11.0. The first-order chi connectivity index (χ1) is 12.0. The SMILES string of the molecule is C[C@]12CC[C@@H](OS(=O)(=O)O)CC1=CC[C@@H]1[C@@H]2CC[C@]2(C)C(=O)C(O)C[C@@H]12. The Morgan fingerprint density at radius 3 is 2.54 bits per heavy atom. The number of aliphatic hydroxyl groups excluding tert-OH is 1. The van der Waals surface area contributed by atoms with E-state index in [-0.39, 0.29) is 17.1 Å². The summed E-state index contributed by atoms with van der Waals surface area (Å²) in [5.41, 5.74) is 0.820. The molecule has 0 spiro atoms. The van der Waals surface area contributed by atoms with Gasteiger partial charge in [0.1, 0.15) is 6.10 Å². The third-order valence-electron chi connectivity index (χ3n) is 8.05. The van der Waals surface area contributed by atoms with Gasteiger partial charge in [-0.1, -0.05) is 25.5 Å². The summed E-state index contributed by atoms with van der Waals surface area (Å²) in [6, 6.07) is 0. The Balaban J connectivity index is 1.60. The van der Waals surface area contributed by atoms with E-state index in [2.05, 4.69) is 13.0 Å². The lowest BCUT2D eigenvalue weighted by atomic mass is 9.48. The van der Waals surface area contributed by atoms with Crippen LogP contribution < -0.4 is 0 Å². The summed E-state index contributed by atoms with van der Waals surface area (Å²) in [6.07, 6.45) is 6.07. The quantitative estimate of drug-likeness (QED) is 0.561. The van der Waals surface area contributed by atoms with Crippen LogP contribution in [0.2, 0.25) is 0 Å². The van der Waals surface area contributed by atoms with Crippen LogP contribution in [0, 0.1) is 28.6 Å². The Kier molecular flexibility index (Phi) is 4.20. The van der Waals surface area contributed by atoms with Crippen LogP contribution in [0.3, 0.4) is 0 Å². The van der Waals surface area contributed by atoms with E-state index in [0.717, 1.165) is 25.7 Å². The van der Waals surface area contributed by atoms with Crippen molar-refractivity contribution in [2.45, 2.75) is 71.0 Å². The van der Waals surface area contributed by atoms with Crippen LogP contribution in [0.4, 0.5) is 0 Å². The summed E-state index contributed by atoms with van der Waals surface area (Å²) in [6.45, 7) is 4.29. The second-order valence-corrected chi connectivity index (χ2v) is 10.3. The molecular weight excluding hydrogens is 356 g/mol. The molecule has 0 aliphatic heterocycles. The number of allylic oxidation sites excluding steroid dienone is 1. The minimum absolute atomic E-state index is 0.0140. The molecule has 0 aromatic carbocycles. The number of ketones is 1. The van der Waals surface area contributed by atoms with Crippen LogP contribution in [0.5, 0.6) is 0 Å². The maximum absolute atomic E-state index is 12.5. The summed E-state index contributed by atoms with van der Waals surface area (Å²) in [4.78, 5) is 12.5. The van der Waals surface area contributed by atoms with E-state index in [4.69, 9.17) is 8.74 Å². The number of aliphatic hydroxyl groups is 1. The zero-order chi connectivity index (χ0) is 18.9. The molecule has 26 heavy (non-hydrogen) atoms. The average molecular weight is 384 g/mol. The molecule has 6 nitrogen and oxygen atoms in total. The normalized spacial score (nSPS) is 48.4. The summed E-state index contributed by atoms with van der Waals surface area (Å²) in [5.74, 6) is 1.09. The number of rotatable bonds is 2. The molecule has 0 aromatic rings. The van der Waals surface area contributed by atoms with Gasteiger partial charge in [-0.25, -0.2) is 4.18 Å². The van der Waals surface area contributed by atoms with Gasteiger partial charge in [0.25, 0.3) is 0 Å². The summed E-state index contributed by atoms with van der Waals surface area (Å²) < 4.78 is 35.9. The van der Waals surface area contributed by atoms with Crippen molar-refractivity contribution in [2.75, 3.05) is 0 Å². The molecule has 4 rings (SSSR count). The van der Waals surface area contributed by atoms with Crippen molar-refractivity contribution in [1.82, 2.24) is 0 Å². The fourth-order valence-corrected chi connectivity index (χ4v) is 7.18. The van der Waals surface area contributed by atoms with Crippen molar-refractivity contribution in [1.29, 1.82) is 0 Å². The van der Waals surface area contributed by atoms with E-state index in [9.17, 15) is 18.3 Å². The van der Waals surface area contributed by atoms with Crippen molar-refractivity contribution in [2.24, 2.45) is 28.6 Å². The Bertz CT molecular complexity index is 758. The molecular formula is C19H28O6S. The molecule has 7 heteroatoms. The predicted octanol–water partition coefficient (Wildman–Crippen LogP) is 2.68. The summed E-state index contributed by atoms with van der Waals surface area (Å²) in [5, 5.41) is 10.2. The third-order valence-corrected chi connectivity index (χ3v) is 8.56. The van der Waals surface area contributed by atoms with Gasteiger partial charge < -0.3 is 5.11 Å². The van der Waals surface area contributed by atoms with E-state index in [1.165, 1.54) is 5.57 Å². The van der Waals surface area contributed by atoms with Crippen LogP contribution in [-0.2, 0) is 19.4 Å². The van der Waals surface area contributed by atoms with Crippen molar-refractivity contribution in [3.8, 4) is 0 Å². The number of fused-ring (bicyclic) bond motifs is 5. The van der Waals surface area contributed by atoms with Gasteiger partial charge in [-0.3, -0.25) is 9.35 Å². The maximum atomic E-state index is 12.5. The van der Waals surface area contributed by atoms with E-state index in [0.29, 0.717) is 31.1 Å². The minimum Gasteiger partial charge on any atom is -0.385 e. The number of hydrogen-bond donors (Lipinski definition) is 2. The Morgan fingerprint density at radius 2 is 1.85 bits per heavy atom.